The van der Waals surface area contributed by atoms with Crippen LogP contribution in [0.25, 0.3) is 11.0 Å². The number of nitrogens with one attached hydrogen (secondary N) is 2. The predicted molar refractivity (Wildman–Crippen MR) is 74.7 cm³/mol. The molecule has 2 aromatic rings. The standard InChI is InChI=1S/C13H17N3O3S/c17-11-6-2-1-5-10(11)16-20(18,19)12-8-15-13-9(12)4-3-7-14-13/h3-4,7-8,10-11,16-17H,1-2,5-6H2,(H,14,15). The third-order valence-electron chi connectivity index (χ3n) is 3.74. The number of sulfonamides is 1. The number of rotatable bonds is 3. The molecule has 20 heavy (non-hydrogen) atoms. The number of aromatic amines is 1. The van der Waals surface area contributed by atoms with E-state index in [0.717, 1.165) is 12.8 Å². The number of hydrogen-bond donors (Lipinski definition) is 3. The average Bonchev–Trinajstić information content (AvgIpc) is 2.86. The lowest BCUT2D eigenvalue weighted by Gasteiger charge is -2.27. The first-order valence-electron chi connectivity index (χ1n) is 6.70. The third-order valence-corrected chi connectivity index (χ3v) is 5.27. The van der Waals surface area contributed by atoms with Crippen molar-refractivity contribution in [2.75, 3.05) is 0 Å². The van der Waals surface area contributed by atoms with Gasteiger partial charge in [-0.25, -0.2) is 18.1 Å². The molecule has 0 amide bonds. The van der Waals surface area contributed by atoms with E-state index in [1.165, 1.54) is 6.20 Å². The van der Waals surface area contributed by atoms with Crippen LogP contribution in [0.5, 0.6) is 0 Å². The highest BCUT2D eigenvalue weighted by Crippen LogP contribution is 2.24. The summed E-state index contributed by atoms with van der Waals surface area (Å²) in [6.45, 7) is 0. The van der Waals surface area contributed by atoms with Crippen LogP contribution in [0.3, 0.4) is 0 Å². The van der Waals surface area contributed by atoms with Gasteiger partial charge in [0.25, 0.3) is 0 Å². The highest BCUT2D eigenvalue weighted by atomic mass is 32.2. The van der Waals surface area contributed by atoms with Crippen LogP contribution in [-0.4, -0.2) is 35.6 Å². The monoisotopic (exact) mass is 295 g/mol. The second-order valence-corrected chi connectivity index (χ2v) is 6.81. The van der Waals surface area contributed by atoms with Crippen molar-refractivity contribution < 1.29 is 13.5 Å². The van der Waals surface area contributed by atoms with Gasteiger partial charge in [0.05, 0.1) is 6.10 Å². The van der Waals surface area contributed by atoms with Crippen molar-refractivity contribution in [3.63, 3.8) is 0 Å². The normalized spacial score (nSPS) is 24.1. The van der Waals surface area contributed by atoms with E-state index >= 15 is 0 Å². The van der Waals surface area contributed by atoms with E-state index in [2.05, 4.69) is 14.7 Å². The van der Waals surface area contributed by atoms with Gasteiger partial charge in [-0.1, -0.05) is 12.8 Å². The van der Waals surface area contributed by atoms with E-state index in [1.54, 1.807) is 18.3 Å². The number of H-pyrrole nitrogens is 1. The lowest BCUT2D eigenvalue weighted by atomic mass is 9.93. The van der Waals surface area contributed by atoms with Gasteiger partial charge in [-0.2, -0.15) is 0 Å². The fraction of sp³-hybridized carbons (Fsp3) is 0.462. The molecule has 0 radical (unpaired) electrons. The highest BCUT2D eigenvalue weighted by Gasteiger charge is 2.29. The molecule has 0 aromatic carbocycles. The van der Waals surface area contributed by atoms with E-state index in [1.807, 2.05) is 0 Å². The number of aliphatic hydroxyl groups is 1. The summed E-state index contributed by atoms with van der Waals surface area (Å²) in [7, 11) is -3.66. The molecule has 2 atom stereocenters. The molecule has 3 rings (SSSR count). The lowest BCUT2D eigenvalue weighted by molar-refractivity contribution is 0.101. The van der Waals surface area contributed by atoms with Gasteiger partial charge in [-0.3, -0.25) is 0 Å². The van der Waals surface area contributed by atoms with Crippen molar-refractivity contribution in [1.82, 2.24) is 14.7 Å². The summed E-state index contributed by atoms with van der Waals surface area (Å²) >= 11 is 0. The molecule has 6 nitrogen and oxygen atoms in total. The van der Waals surface area contributed by atoms with E-state index in [0.29, 0.717) is 23.9 Å². The lowest BCUT2D eigenvalue weighted by Crippen LogP contribution is -2.44. The van der Waals surface area contributed by atoms with Crippen LogP contribution in [-0.2, 0) is 10.0 Å². The minimum atomic E-state index is -3.66. The summed E-state index contributed by atoms with van der Waals surface area (Å²) in [6, 6.07) is 3.00. The fourth-order valence-electron chi connectivity index (χ4n) is 2.66. The van der Waals surface area contributed by atoms with Crippen LogP contribution < -0.4 is 4.72 Å². The van der Waals surface area contributed by atoms with Crippen LogP contribution >= 0.6 is 0 Å². The van der Waals surface area contributed by atoms with E-state index in [4.69, 9.17) is 0 Å². The van der Waals surface area contributed by atoms with Crippen molar-refractivity contribution in [2.45, 2.75) is 42.7 Å². The van der Waals surface area contributed by atoms with E-state index < -0.39 is 22.2 Å². The van der Waals surface area contributed by atoms with Crippen LogP contribution in [0.4, 0.5) is 0 Å². The summed E-state index contributed by atoms with van der Waals surface area (Å²) in [5, 5.41) is 10.5. The zero-order valence-electron chi connectivity index (χ0n) is 10.9. The van der Waals surface area contributed by atoms with Crippen molar-refractivity contribution in [3.8, 4) is 0 Å². The SMILES string of the molecule is O=S(=O)(NC1CCCCC1O)c1c[nH]c2ncccc12. The van der Waals surface area contributed by atoms with Crippen molar-refractivity contribution >= 4 is 21.1 Å². The molecule has 3 N–H and O–H groups in total. The molecular formula is C13H17N3O3S. The zero-order chi connectivity index (χ0) is 14.2. The Morgan fingerprint density at radius 2 is 2.15 bits per heavy atom. The number of pyridine rings is 1. The molecule has 0 bridgehead atoms. The summed E-state index contributed by atoms with van der Waals surface area (Å²) in [5.41, 5.74) is 0.539. The van der Waals surface area contributed by atoms with Crippen molar-refractivity contribution in [2.24, 2.45) is 0 Å². The Hall–Kier alpha value is -1.44. The van der Waals surface area contributed by atoms with E-state index in [9.17, 15) is 13.5 Å². The zero-order valence-corrected chi connectivity index (χ0v) is 11.7. The first-order chi connectivity index (χ1) is 9.58. The van der Waals surface area contributed by atoms with E-state index in [-0.39, 0.29) is 4.90 Å². The second-order valence-electron chi connectivity index (χ2n) is 5.13. The Morgan fingerprint density at radius 1 is 1.35 bits per heavy atom. The number of hydrogen-bond acceptors (Lipinski definition) is 4. The molecule has 2 unspecified atom stereocenters. The molecule has 1 aliphatic rings. The Bertz CT molecular complexity index is 710. The maximum absolute atomic E-state index is 12.5. The molecule has 0 spiro atoms. The maximum Gasteiger partial charge on any atom is 0.243 e. The number of nitrogens with zero attached hydrogens (tertiary/aromatic N) is 1. The van der Waals surface area contributed by atoms with Gasteiger partial charge in [0, 0.05) is 23.8 Å². The molecular weight excluding hydrogens is 278 g/mol. The second kappa shape index (κ2) is 5.16. The summed E-state index contributed by atoms with van der Waals surface area (Å²) < 4.78 is 27.5. The van der Waals surface area contributed by atoms with Gasteiger partial charge in [-0.05, 0) is 25.0 Å². The Labute approximate surface area is 117 Å². The number of fused-ring (bicyclic) bond motifs is 1. The van der Waals surface area contributed by atoms with Gasteiger partial charge in [0.2, 0.25) is 10.0 Å². The van der Waals surface area contributed by atoms with Crippen LogP contribution in [0.1, 0.15) is 25.7 Å². The molecule has 1 fully saturated rings. The summed E-state index contributed by atoms with van der Waals surface area (Å²) in [5.74, 6) is 0. The summed E-state index contributed by atoms with van der Waals surface area (Å²) in [6.07, 6.45) is 5.62. The number of aromatic nitrogens is 2. The van der Waals surface area contributed by atoms with Crippen LogP contribution in [0.2, 0.25) is 0 Å². The molecule has 0 aliphatic heterocycles. The minimum Gasteiger partial charge on any atom is -0.391 e. The van der Waals surface area contributed by atoms with Gasteiger partial charge in [-0.15, -0.1) is 0 Å². The largest absolute Gasteiger partial charge is 0.391 e. The fourth-order valence-corrected chi connectivity index (χ4v) is 4.13. The molecule has 1 saturated carbocycles. The van der Waals surface area contributed by atoms with Crippen LogP contribution in [0, 0.1) is 0 Å². The highest BCUT2D eigenvalue weighted by molar-refractivity contribution is 7.89. The Balaban J connectivity index is 1.91. The Kier molecular flexibility index (Phi) is 3.49. The maximum atomic E-state index is 12.5. The first kappa shape index (κ1) is 13.5. The van der Waals surface area contributed by atoms with Crippen molar-refractivity contribution in [1.29, 1.82) is 0 Å². The first-order valence-corrected chi connectivity index (χ1v) is 8.19. The predicted octanol–water partition coefficient (Wildman–Crippen LogP) is 1.14. The van der Waals surface area contributed by atoms with Gasteiger partial charge < -0.3 is 10.1 Å². The molecule has 108 valence electrons. The number of aliphatic hydroxyl groups excluding tert-OH is 1. The topological polar surface area (TPSA) is 95.1 Å². The molecule has 1 aliphatic carbocycles. The van der Waals surface area contributed by atoms with Crippen LogP contribution in [0.15, 0.2) is 29.4 Å². The quantitative estimate of drug-likeness (QED) is 0.791. The molecule has 0 saturated heterocycles. The third kappa shape index (κ3) is 2.44. The Morgan fingerprint density at radius 3 is 2.95 bits per heavy atom. The minimum absolute atomic E-state index is 0.179. The average molecular weight is 295 g/mol. The summed E-state index contributed by atoms with van der Waals surface area (Å²) in [4.78, 5) is 7.11. The van der Waals surface area contributed by atoms with Crippen molar-refractivity contribution in [3.05, 3.63) is 24.5 Å². The molecule has 2 heterocycles. The van der Waals surface area contributed by atoms with Gasteiger partial charge in [0.15, 0.2) is 0 Å². The molecule has 2 aromatic heterocycles. The van der Waals surface area contributed by atoms with Gasteiger partial charge in [0.1, 0.15) is 10.5 Å². The van der Waals surface area contributed by atoms with Gasteiger partial charge >= 0.3 is 0 Å². The molecule has 7 heteroatoms. The smallest absolute Gasteiger partial charge is 0.243 e.